The highest BCUT2D eigenvalue weighted by atomic mass is 15.3. The van der Waals surface area contributed by atoms with Gasteiger partial charge in [0.25, 0.3) is 0 Å². The van der Waals surface area contributed by atoms with Crippen LogP contribution >= 0.6 is 0 Å². The van der Waals surface area contributed by atoms with Crippen molar-refractivity contribution in [3.8, 4) is 0 Å². The van der Waals surface area contributed by atoms with Crippen LogP contribution in [0.25, 0.3) is 0 Å². The number of likely N-dealkylation sites (tertiary alicyclic amines) is 1. The van der Waals surface area contributed by atoms with Crippen LogP contribution in [-0.4, -0.2) is 37.1 Å². The smallest absolute Gasteiger partial charge is 0.0415 e. The van der Waals surface area contributed by atoms with E-state index in [1.54, 1.807) is 0 Å². The third-order valence-corrected chi connectivity index (χ3v) is 4.84. The first-order valence-electron chi connectivity index (χ1n) is 8.09. The van der Waals surface area contributed by atoms with E-state index in [4.69, 9.17) is 5.73 Å². The van der Waals surface area contributed by atoms with Crippen LogP contribution in [0, 0.1) is 0 Å². The zero-order chi connectivity index (χ0) is 13.9. The molecule has 2 aliphatic heterocycles. The van der Waals surface area contributed by atoms with Crippen molar-refractivity contribution >= 4 is 5.69 Å². The molecule has 0 amide bonds. The molecule has 110 valence electrons. The molecular formula is C17H27N3. The van der Waals surface area contributed by atoms with Crippen molar-refractivity contribution in [3.63, 3.8) is 0 Å². The van der Waals surface area contributed by atoms with Crippen molar-refractivity contribution in [2.24, 2.45) is 5.73 Å². The summed E-state index contributed by atoms with van der Waals surface area (Å²) in [6.07, 6.45) is 5.48. The van der Waals surface area contributed by atoms with Gasteiger partial charge in [-0.15, -0.1) is 0 Å². The molecule has 20 heavy (non-hydrogen) atoms. The van der Waals surface area contributed by atoms with Gasteiger partial charge in [-0.25, -0.2) is 0 Å². The molecule has 1 aromatic carbocycles. The Bertz CT molecular complexity index is 438. The van der Waals surface area contributed by atoms with Gasteiger partial charge in [-0.05, 0) is 50.9 Å². The number of piperidine rings is 1. The minimum atomic E-state index is 0.111. The van der Waals surface area contributed by atoms with E-state index in [0.29, 0.717) is 0 Å². The van der Waals surface area contributed by atoms with Gasteiger partial charge in [0, 0.05) is 30.9 Å². The van der Waals surface area contributed by atoms with Crippen molar-refractivity contribution in [2.75, 3.05) is 31.1 Å². The van der Waals surface area contributed by atoms with Crippen molar-refractivity contribution in [1.82, 2.24) is 4.90 Å². The number of hydrogen-bond donors (Lipinski definition) is 1. The predicted octanol–water partition coefficient (Wildman–Crippen LogP) is 2.77. The molecule has 0 aromatic heterocycles. The van der Waals surface area contributed by atoms with E-state index in [9.17, 15) is 0 Å². The van der Waals surface area contributed by atoms with Crippen LogP contribution in [-0.2, 0) is 0 Å². The molecule has 3 heteroatoms. The highest BCUT2D eigenvalue weighted by Crippen LogP contribution is 2.30. The Morgan fingerprint density at radius 3 is 2.60 bits per heavy atom. The topological polar surface area (TPSA) is 32.5 Å². The molecule has 0 saturated carbocycles. The maximum atomic E-state index is 6.12. The van der Waals surface area contributed by atoms with Crippen LogP contribution in [0.1, 0.15) is 44.2 Å². The van der Waals surface area contributed by atoms with Gasteiger partial charge >= 0.3 is 0 Å². The van der Waals surface area contributed by atoms with Crippen LogP contribution in [0.3, 0.4) is 0 Å². The minimum Gasteiger partial charge on any atom is -0.370 e. The van der Waals surface area contributed by atoms with E-state index in [0.717, 1.165) is 6.04 Å². The monoisotopic (exact) mass is 273 g/mol. The van der Waals surface area contributed by atoms with Crippen LogP contribution in [0.4, 0.5) is 5.69 Å². The molecule has 3 nitrogen and oxygen atoms in total. The maximum absolute atomic E-state index is 6.12. The number of nitrogens with two attached hydrogens (primary N) is 1. The molecule has 2 N–H and O–H groups in total. The second-order valence-corrected chi connectivity index (χ2v) is 6.33. The Labute approximate surface area is 122 Å². The lowest BCUT2D eigenvalue weighted by Crippen LogP contribution is -2.41. The van der Waals surface area contributed by atoms with Gasteiger partial charge in [-0.1, -0.05) is 24.6 Å². The van der Waals surface area contributed by atoms with Crippen LogP contribution in [0.15, 0.2) is 24.3 Å². The van der Waals surface area contributed by atoms with Crippen molar-refractivity contribution in [1.29, 1.82) is 0 Å². The lowest BCUT2D eigenvalue weighted by molar-refractivity contribution is 0.175. The standard InChI is InChI=1S/C17H27N3/c1-14(18)16-7-3-4-8-17(16)20-12-9-15(13-20)19-10-5-2-6-11-19/h3-4,7-8,14-15H,2,5-6,9-13,18H2,1H3. The van der Waals surface area contributed by atoms with E-state index in [1.807, 2.05) is 0 Å². The summed E-state index contributed by atoms with van der Waals surface area (Å²) in [5, 5.41) is 0. The number of para-hydroxylation sites is 1. The summed E-state index contributed by atoms with van der Waals surface area (Å²) in [5.41, 5.74) is 8.76. The van der Waals surface area contributed by atoms with Crippen molar-refractivity contribution < 1.29 is 0 Å². The lowest BCUT2D eigenvalue weighted by atomic mass is 10.1. The molecule has 0 radical (unpaired) electrons. The second kappa shape index (κ2) is 6.15. The second-order valence-electron chi connectivity index (χ2n) is 6.33. The SMILES string of the molecule is CC(N)c1ccccc1N1CCC(N2CCCCC2)C1. The Hall–Kier alpha value is -1.06. The summed E-state index contributed by atoms with van der Waals surface area (Å²) >= 11 is 0. The molecule has 3 rings (SSSR count). The maximum Gasteiger partial charge on any atom is 0.0415 e. The number of rotatable bonds is 3. The van der Waals surface area contributed by atoms with Crippen molar-refractivity contribution in [2.45, 2.75) is 44.7 Å². The Morgan fingerprint density at radius 2 is 1.85 bits per heavy atom. The number of benzene rings is 1. The van der Waals surface area contributed by atoms with Gasteiger partial charge in [0.2, 0.25) is 0 Å². The fourth-order valence-corrected chi connectivity index (χ4v) is 3.70. The van der Waals surface area contributed by atoms with Crippen LogP contribution < -0.4 is 10.6 Å². The highest BCUT2D eigenvalue weighted by Gasteiger charge is 2.29. The summed E-state index contributed by atoms with van der Waals surface area (Å²) in [6.45, 7) is 7.02. The average Bonchev–Trinajstić information content (AvgIpc) is 2.98. The van der Waals surface area contributed by atoms with Crippen LogP contribution in [0.2, 0.25) is 0 Å². The largest absolute Gasteiger partial charge is 0.370 e. The molecule has 2 aliphatic rings. The average molecular weight is 273 g/mol. The third kappa shape index (κ3) is 2.84. The molecular weight excluding hydrogens is 246 g/mol. The fraction of sp³-hybridized carbons (Fsp3) is 0.647. The molecule has 2 atom stereocenters. The lowest BCUT2D eigenvalue weighted by Gasteiger charge is -2.32. The predicted molar refractivity (Wildman–Crippen MR) is 85.1 cm³/mol. The zero-order valence-corrected chi connectivity index (χ0v) is 12.6. The summed E-state index contributed by atoms with van der Waals surface area (Å²) in [7, 11) is 0. The molecule has 1 aromatic rings. The highest BCUT2D eigenvalue weighted by molar-refractivity contribution is 5.55. The van der Waals surface area contributed by atoms with Gasteiger partial charge in [-0.3, -0.25) is 4.90 Å². The van der Waals surface area contributed by atoms with E-state index < -0.39 is 0 Å². The van der Waals surface area contributed by atoms with Gasteiger partial charge in [-0.2, -0.15) is 0 Å². The van der Waals surface area contributed by atoms with Gasteiger partial charge in [0.05, 0.1) is 0 Å². The third-order valence-electron chi connectivity index (χ3n) is 4.84. The normalized spacial score (nSPS) is 25.9. The molecule has 2 saturated heterocycles. The molecule has 0 bridgehead atoms. The van der Waals surface area contributed by atoms with E-state index in [2.05, 4.69) is 41.0 Å². The van der Waals surface area contributed by atoms with E-state index >= 15 is 0 Å². The Balaban J connectivity index is 1.70. The zero-order valence-electron chi connectivity index (χ0n) is 12.6. The first-order chi connectivity index (χ1) is 9.75. The summed E-state index contributed by atoms with van der Waals surface area (Å²) in [5.74, 6) is 0. The van der Waals surface area contributed by atoms with E-state index in [1.165, 1.54) is 63.1 Å². The van der Waals surface area contributed by atoms with E-state index in [-0.39, 0.29) is 6.04 Å². The first kappa shape index (κ1) is 13.9. The van der Waals surface area contributed by atoms with Gasteiger partial charge in [0.1, 0.15) is 0 Å². The molecule has 2 unspecified atom stereocenters. The molecule has 2 fully saturated rings. The summed E-state index contributed by atoms with van der Waals surface area (Å²) in [4.78, 5) is 5.25. The Morgan fingerprint density at radius 1 is 1.10 bits per heavy atom. The molecule has 0 spiro atoms. The van der Waals surface area contributed by atoms with Gasteiger partial charge in [0.15, 0.2) is 0 Å². The number of nitrogens with zero attached hydrogens (tertiary/aromatic N) is 2. The quantitative estimate of drug-likeness (QED) is 0.919. The first-order valence-corrected chi connectivity index (χ1v) is 8.09. The van der Waals surface area contributed by atoms with Crippen molar-refractivity contribution in [3.05, 3.63) is 29.8 Å². The molecule has 2 heterocycles. The number of anilines is 1. The van der Waals surface area contributed by atoms with Crippen LogP contribution in [0.5, 0.6) is 0 Å². The Kier molecular flexibility index (Phi) is 4.27. The summed E-state index contributed by atoms with van der Waals surface area (Å²) in [6, 6.07) is 9.50. The fourth-order valence-electron chi connectivity index (χ4n) is 3.70. The van der Waals surface area contributed by atoms with Gasteiger partial charge < -0.3 is 10.6 Å². The molecule has 0 aliphatic carbocycles. The number of hydrogen-bond acceptors (Lipinski definition) is 3. The summed E-state index contributed by atoms with van der Waals surface area (Å²) < 4.78 is 0. The minimum absolute atomic E-state index is 0.111.